The average molecular weight is 572 g/mol. The van der Waals surface area contributed by atoms with E-state index in [-0.39, 0.29) is 17.0 Å². The lowest BCUT2D eigenvalue weighted by Gasteiger charge is -2.20. The summed E-state index contributed by atoms with van der Waals surface area (Å²) in [7, 11) is 0. The Morgan fingerprint density at radius 1 is 0.762 bits per heavy atom. The molecule has 9 heteroatoms. The molecule has 7 rings (SSSR count). The van der Waals surface area contributed by atoms with Gasteiger partial charge in [0.15, 0.2) is 0 Å². The highest BCUT2D eigenvalue weighted by Gasteiger charge is 2.37. The molecule has 0 bridgehead atoms. The summed E-state index contributed by atoms with van der Waals surface area (Å²) in [6.07, 6.45) is 0.426. The Hall–Kier alpha value is -5.28. The number of esters is 1. The van der Waals surface area contributed by atoms with Gasteiger partial charge in [0.2, 0.25) is 5.88 Å². The zero-order valence-electron chi connectivity index (χ0n) is 22.0. The Bertz CT molecular complexity index is 1860. The van der Waals surface area contributed by atoms with E-state index in [9.17, 15) is 14.4 Å². The van der Waals surface area contributed by atoms with Crippen LogP contribution in [0.25, 0.3) is 11.3 Å². The van der Waals surface area contributed by atoms with E-state index in [1.165, 1.54) is 0 Å². The fourth-order valence-electron chi connectivity index (χ4n) is 4.93. The van der Waals surface area contributed by atoms with Gasteiger partial charge in [-0.2, -0.15) is 0 Å². The summed E-state index contributed by atoms with van der Waals surface area (Å²) < 4.78 is 11.7. The van der Waals surface area contributed by atoms with Crippen LogP contribution in [0.15, 0.2) is 113 Å². The van der Waals surface area contributed by atoms with E-state index < -0.39 is 24.3 Å². The molecular formula is C33H21N3O5S. The molecule has 4 aromatic carbocycles. The molecule has 0 unspecified atom stereocenters. The number of hydrogen-bond acceptors (Lipinski definition) is 8. The molecule has 0 saturated carbocycles. The van der Waals surface area contributed by atoms with Gasteiger partial charge in [-0.3, -0.25) is 14.5 Å². The van der Waals surface area contributed by atoms with Gasteiger partial charge in [0, 0.05) is 17.5 Å². The van der Waals surface area contributed by atoms with Crippen molar-refractivity contribution in [2.45, 2.75) is 16.2 Å². The first-order valence-corrected chi connectivity index (χ1v) is 14.0. The van der Waals surface area contributed by atoms with Crippen LogP contribution in [0.4, 0.5) is 0 Å². The largest absolute Gasteiger partial charge is 0.455 e. The molecule has 1 aromatic heterocycles. The van der Waals surface area contributed by atoms with Crippen LogP contribution in [0.3, 0.4) is 0 Å². The van der Waals surface area contributed by atoms with Crippen LogP contribution in [0.1, 0.15) is 31.8 Å². The Balaban J connectivity index is 1.16. The summed E-state index contributed by atoms with van der Waals surface area (Å²) in [5.74, 6) is -0.250. The summed E-state index contributed by atoms with van der Waals surface area (Å²) >= 11 is 1.62. The first kappa shape index (κ1) is 25.7. The summed E-state index contributed by atoms with van der Waals surface area (Å²) in [4.78, 5) is 41.3. The number of carbonyl (C=O) groups is 3. The standard InChI is InChI=1S/C33H21N3O5S/c37-30(19-36-32(38)23-10-4-5-11-24(23)33(36)39)41-31-22(16-20-8-2-1-3-9-20)17-25(34-35-31)21-14-15-27-29(18-21)42-28-13-7-6-12-26(28)40-27/h1-15,17-18H,16,19H2. The first-order valence-electron chi connectivity index (χ1n) is 13.2. The number of amides is 2. The molecule has 8 nitrogen and oxygen atoms in total. The minimum absolute atomic E-state index is 0.0220. The van der Waals surface area contributed by atoms with Gasteiger partial charge in [-0.25, -0.2) is 4.79 Å². The van der Waals surface area contributed by atoms with Gasteiger partial charge in [0.1, 0.15) is 18.0 Å². The van der Waals surface area contributed by atoms with E-state index in [2.05, 4.69) is 10.2 Å². The Morgan fingerprint density at radius 2 is 1.45 bits per heavy atom. The van der Waals surface area contributed by atoms with Gasteiger partial charge in [-0.1, -0.05) is 66.4 Å². The monoisotopic (exact) mass is 571 g/mol. The molecule has 204 valence electrons. The summed E-state index contributed by atoms with van der Waals surface area (Å²) in [6, 6.07) is 31.7. The van der Waals surface area contributed by atoms with Crippen molar-refractivity contribution in [2.75, 3.05) is 6.54 Å². The molecule has 0 fully saturated rings. The van der Waals surface area contributed by atoms with Crippen molar-refractivity contribution in [2.24, 2.45) is 0 Å². The molecule has 0 atom stereocenters. The van der Waals surface area contributed by atoms with Crippen molar-refractivity contribution in [3.8, 4) is 28.6 Å². The number of carbonyl (C=O) groups excluding carboxylic acids is 3. The molecule has 2 amide bonds. The molecule has 5 aromatic rings. The van der Waals surface area contributed by atoms with Crippen LogP contribution in [0, 0.1) is 0 Å². The van der Waals surface area contributed by atoms with Crippen molar-refractivity contribution < 1.29 is 23.9 Å². The SMILES string of the molecule is O=C(CN1C(=O)c2ccccc2C1=O)Oc1nnc(-c2ccc3c(c2)Sc2ccccc2O3)cc1Cc1ccccc1. The molecule has 0 aliphatic carbocycles. The third-order valence-electron chi connectivity index (χ3n) is 6.98. The van der Waals surface area contributed by atoms with Crippen LogP contribution in [-0.2, 0) is 11.2 Å². The maximum absolute atomic E-state index is 13.0. The number of ether oxygens (including phenoxy) is 2. The quantitative estimate of drug-likeness (QED) is 0.172. The Kier molecular flexibility index (Phi) is 6.48. The third-order valence-corrected chi connectivity index (χ3v) is 8.07. The predicted octanol–water partition coefficient (Wildman–Crippen LogP) is 6.19. The second-order valence-corrected chi connectivity index (χ2v) is 10.8. The Morgan fingerprint density at radius 3 is 2.24 bits per heavy atom. The zero-order valence-corrected chi connectivity index (χ0v) is 22.8. The molecule has 2 aliphatic rings. The highest BCUT2D eigenvalue weighted by atomic mass is 32.2. The van der Waals surface area contributed by atoms with Gasteiger partial charge in [-0.05, 0) is 54.1 Å². The highest BCUT2D eigenvalue weighted by molar-refractivity contribution is 7.99. The number of para-hydroxylation sites is 1. The molecule has 0 radical (unpaired) electrons. The minimum atomic E-state index is -0.790. The summed E-state index contributed by atoms with van der Waals surface area (Å²) in [6.45, 7) is -0.538. The first-order chi connectivity index (χ1) is 20.5. The lowest BCUT2D eigenvalue weighted by Crippen LogP contribution is -2.36. The molecule has 0 spiro atoms. The van der Waals surface area contributed by atoms with Crippen molar-refractivity contribution in [1.82, 2.24) is 15.1 Å². The number of fused-ring (bicyclic) bond motifs is 3. The summed E-state index contributed by atoms with van der Waals surface area (Å²) in [5.41, 5.74) is 3.58. The van der Waals surface area contributed by atoms with Crippen LogP contribution >= 0.6 is 11.8 Å². The van der Waals surface area contributed by atoms with Crippen LogP contribution in [0.5, 0.6) is 17.4 Å². The number of aromatic nitrogens is 2. The summed E-state index contributed by atoms with van der Waals surface area (Å²) in [5, 5.41) is 8.64. The smallest absolute Gasteiger partial charge is 0.333 e. The Labute approximate surface area is 244 Å². The topological polar surface area (TPSA) is 98.7 Å². The maximum atomic E-state index is 13.0. The van der Waals surface area contributed by atoms with Crippen LogP contribution in [-0.4, -0.2) is 39.4 Å². The normalized spacial score (nSPS) is 13.2. The van der Waals surface area contributed by atoms with Gasteiger partial charge < -0.3 is 9.47 Å². The number of hydrogen-bond donors (Lipinski definition) is 0. The molecule has 0 N–H and O–H groups in total. The lowest BCUT2D eigenvalue weighted by molar-refractivity contribution is -0.135. The van der Waals surface area contributed by atoms with Crippen molar-refractivity contribution in [3.63, 3.8) is 0 Å². The van der Waals surface area contributed by atoms with Crippen molar-refractivity contribution in [3.05, 3.63) is 125 Å². The van der Waals surface area contributed by atoms with E-state index in [1.54, 1.807) is 36.0 Å². The highest BCUT2D eigenvalue weighted by Crippen LogP contribution is 2.47. The molecule has 3 heterocycles. The van der Waals surface area contributed by atoms with Gasteiger partial charge >= 0.3 is 5.97 Å². The van der Waals surface area contributed by atoms with E-state index in [0.717, 1.165) is 37.3 Å². The van der Waals surface area contributed by atoms with Crippen molar-refractivity contribution in [1.29, 1.82) is 0 Å². The van der Waals surface area contributed by atoms with E-state index >= 15 is 0 Å². The number of benzene rings is 4. The van der Waals surface area contributed by atoms with Crippen LogP contribution < -0.4 is 9.47 Å². The molecule has 42 heavy (non-hydrogen) atoms. The molecular weight excluding hydrogens is 550 g/mol. The minimum Gasteiger partial charge on any atom is -0.455 e. The number of rotatable bonds is 6. The predicted molar refractivity (Wildman–Crippen MR) is 155 cm³/mol. The van der Waals surface area contributed by atoms with Gasteiger partial charge in [0.05, 0.1) is 26.6 Å². The number of imide groups is 1. The average Bonchev–Trinajstić information content (AvgIpc) is 3.26. The van der Waals surface area contributed by atoms with E-state index in [0.29, 0.717) is 17.7 Å². The number of nitrogens with zero attached hydrogens (tertiary/aromatic N) is 3. The molecule has 0 saturated heterocycles. The zero-order chi connectivity index (χ0) is 28.6. The third kappa shape index (κ3) is 4.80. The van der Waals surface area contributed by atoms with Gasteiger partial charge in [0.25, 0.3) is 11.8 Å². The lowest BCUT2D eigenvalue weighted by atomic mass is 10.0. The van der Waals surface area contributed by atoms with E-state index in [4.69, 9.17) is 9.47 Å². The van der Waals surface area contributed by atoms with E-state index in [1.807, 2.05) is 78.9 Å². The second-order valence-electron chi connectivity index (χ2n) is 9.75. The van der Waals surface area contributed by atoms with Crippen molar-refractivity contribution >= 4 is 29.5 Å². The fraction of sp³-hybridized carbons (Fsp3) is 0.0606. The van der Waals surface area contributed by atoms with Gasteiger partial charge in [-0.15, -0.1) is 10.2 Å². The fourth-order valence-corrected chi connectivity index (χ4v) is 5.92. The van der Waals surface area contributed by atoms with Crippen LogP contribution in [0.2, 0.25) is 0 Å². The maximum Gasteiger partial charge on any atom is 0.333 e. The second kappa shape index (κ2) is 10.6. The molecule has 2 aliphatic heterocycles.